The minimum Gasteiger partial charge on any atom is -0.337 e. The van der Waals surface area contributed by atoms with Crippen LogP contribution in [0.2, 0.25) is 0 Å². The second-order valence-electron chi connectivity index (χ2n) is 10.0. The van der Waals surface area contributed by atoms with Gasteiger partial charge in [-0.15, -0.1) is 0 Å². The molecular weight excluding hydrogens is 464 g/mol. The van der Waals surface area contributed by atoms with Gasteiger partial charge in [0.25, 0.3) is 11.5 Å². The van der Waals surface area contributed by atoms with E-state index in [1.165, 1.54) is 0 Å². The molecule has 37 heavy (non-hydrogen) atoms. The summed E-state index contributed by atoms with van der Waals surface area (Å²) in [6.07, 6.45) is 5.61. The first-order valence-electron chi connectivity index (χ1n) is 12.7. The molecule has 6 rings (SSSR count). The zero-order chi connectivity index (χ0) is 25.7. The Balaban J connectivity index is 1.43. The van der Waals surface area contributed by atoms with Gasteiger partial charge >= 0.3 is 0 Å². The van der Waals surface area contributed by atoms with E-state index in [2.05, 4.69) is 22.8 Å². The molecule has 0 radical (unpaired) electrons. The first kappa shape index (κ1) is 23.2. The number of aryl methyl sites for hydroxylation is 2. The van der Waals surface area contributed by atoms with Crippen LogP contribution in [-0.4, -0.2) is 48.5 Å². The quantitative estimate of drug-likeness (QED) is 0.414. The number of hydrogen-bond donors (Lipinski definition) is 1. The minimum absolute atomic E-state index is 0.000347. The number of imidazole rings is 1. The van der Waals surface area contributed by atoms with E-state index in [0.717, 1.165) is 58.6 Å². The molecule has 2 N–H and O–H groups in total. The summed E-state index contributed by atoms with van der Waals surface area (Å²) in [4.78, 5) is 32.3. The molecule has 1 amide bonds. The van der Waals surface area contributed by atoms with E-state index >= 15 is 0 Å². The van der Waals surface area contributed by atoms with Crippen molar-refractivity contribution in [1.29, 1.82) is 0 Å². The Bertz CT molecular complexity index is 1710. The van der Waals surface area contributed by atoms with Crippen LogP contribution in [0.25, 0.3) is 27.9 Å². The molecule has 4 aromatic heterocycles. The molecule has 188 valence electrons. The molecule has 0 aliphatic carbocycles. The topological polar surface area (TPSA) is 90.6 Å². The lowest BCUT2D eigenvalue weighted by Crippen LogP contribution is -2.45. The second kappa shape index (κ2) is 9.05. The van der Waals surface area contributed by atoms with Crippen molar-refractivity contribution in [1.82, 2.24) is 23.4 Å². The van der Waals surface area contributed by atoms with Crippen LogP contribution in [-0.2, 0) is 13.6 Å². The molecule has 8 nitrogen and oxygen atoms in total. The molecule has 5 aromatic rings. The summed E-state index contributed by atoms with van der Waals surface area (Å²) >= 11 is 0. The molecule has 1 aliphatic rings. The van der Waals surface area contributed by atoms with Gasteiger partial charge in [0, 0.05) is 73.3 Å². The highest BCUT2D eigenvalue weighted by molar-refractivity contribution is 5.95. The number of likely N-dealkylation sites (tertiary alicyclic amines) is 1. The fraction of sp³-hybridized carbons (Fsp3) is 0.276. The van der Waals surface area contributed by atoms with Gasteiger partial charge in [-0.25, -0.2) is 4.98 Å². The van der Waals surface area contributed by atoms with Gasteiger partial charge in [0.1, 0.15) is 11.3 Å². The van der Waals surface area contributed by atoms with E-state index in [1.54, 1.807) is 23.9 Å². The zero-order valence-corrected chi connectivity index (χ0v) is 21.1. The maximum absolute atomic E-state index is 13.2. The molecule has 1 saturated heterocycles. The van der Waals surface area contributed by atoms with E-state index in [4.69, 9.17) is 10.7 Å². The van der Waals surface area contributed by atoms with Crippen molar-refractivity contribution in [2.75, 3.05) is 13.1 Å². The molecule has 0 spiro atoms. The summed E-state index contributed by atoms with van der Waals surface area (Å²) < 4.78 is 5.80. The highest BCUT2D eigenvalue weighted by Crippen LogP contribution is 2.31. The Morgan fingerprint density at radius 3 is 2.76 bits per heavy atom. The van der Waals surface area contributed by atoms with Gasteiger partial charge in [0.2, 0.25) is 0 Å². The fourth-order valence-corrected chi connectivity index (χ4v) is 5.37. The van der Waals surface area contributed by atoms with Gasteiger partial charge in [-0.3, -0.25) is 9.59 Å². The van der Waals surface area contributed by atoms with Crippen LogP contribution < -0.4 is 11.3 Å². The number of nitrogens with zero attached hydrogens (tertiary/aromatic N) is 5. The molecule has 1 atom stereocenters. The molecule has 0 bridgehead atoms. The smallest absolute Gasteiger partial charge is 0.254 e. The highest BCUT2D eigenvalue weighted by Gasteiger charge is 2.24. The standard InChI is InChI=1S/C29H30N6O2/c1-19-28(31-26-16-22(10-13-34(19)26)29(37)33-11-5-7-23(30)18-33)25-15-21-6-3-4-8-24(21)35(25)17-20-9-12-32(2)27(36)14-20/h3-4,6,8-10,12-16,23H,5,7,11,17-18,30H2,1-2H3/t23-/m1/s1. The first-order chi connectivity index (χ1) is 17.9. The summed E-state index contributed by atoms with van der Waals surface area (Å²) in [7, 11) is 1.75. The van der Waals surface area contributed by atoms with Crippen molar-refractivity contribution in [3.8, 4) is 11.4 Å². The molecule has 0 unspecified atom stereocenters. The van der Waals surface area contributed by atoms with E-state index in [1.807, 2.05) is 52.8 Å². The predicted octanol–water partition coefficient (Wildman–Crippen LogP) is 3.57. The number of rotatable bonds is 4. The summed E-state index contributed by atoms with van der Waals surface area (Å²) in [5, 5.41) is 1.11. The lowest BCUT2D eigenvalue weighted by Gasteiger charge is -2.30. The van der Waals surface area contributed by atoms with Crippen molar-refractivity contribution in [2.45, 2.75) is 32.4 Å². The number of hydrogen-bond acceptors (Lipinski definition) is 4. The van der Waals surface area contributed by atoms with Gasteiger partial charge in [0.15, 0.2) is 0 Å². The minimum atomic E-state index is -0.0359. The van der Waals surface area contributed by atoms with Gasteiger partial charge in [-0.1, -0.05) is 18.2 Å². The van der Waals surface area contributed by atoms with Crippen molar-refractivity contribution < 1.29 is 4.79 Å². The van der Waals surface area contributed by atoms with Crippen LogP contribution in [0.15, 0.2) is 71.8 Å². The Kier molecular flexibility index (Phi) is 5.68. The largest absolute Gasteiger partial charge is 0.337 e. The number of carbonyl (C=O) groups excluding carboxylic acids is 1. The molecule has 1 fully saturated rings. The third-order valence-corrected chi connectivity index (χ3v) is 7.42. The Morgan fingerprint density at radius 2 is 1.95 bits per heavy atom. The van der Waals surface area contributed by atoms with E-state index < -0.39 is 0 Å². The summed E-state index contributed by atoms with van der Waals surface area (Å²) in [6.45, 7) is 3.91. The number of carbonyl (C=O) groups is 1. The van der Waals surface area contributed by atoms with Crippen molar-refractivity contribution >= 4 is 22.5 Å². The zero-order valence-electron chi connectivity index (χ0n) is 21.1. The molecule has 1 aliphatic heterocycles. The van der Waals surface area contributed by atoms with Gasteiger partial charge in [0.05, 0.1) is 5.69 Å². The van der Waals surface area contributed by atoms with Crippen molar-refractivity contribution in [3.05, 3.63) is 94.2 Å². The van der Waals surface area contributed by atoms with E-state index in [9.17, 15) is 9.59 Å². The fourth-order valence-electron chi connectivity index (χ4n) is 5.37. The van der Waals surface area contributed by atoms with Crippen LogP contribution in [0.3, 0.4) is 0 Å². The Hall–Kier alpha value is -4.17. The Labute approximate surface area is 214 Å². The van der Waals surface area contributed by atoms with E-state index in [-0.39, 0.29) is 17.5 Å². The average molecular weight is 495 g/mol. The second-order valence-corrected chi connectivity index (χ2v) is 10.0. The maximum atomic E-state index is 13.2. The predicted molar refractivity (Wildman–Crippen MR) is 145 cm³/mol. The van der Waals surface area contributed by atoms with Gasteiger partial charge in [-0.05, 0) is 55.7 Å². The lowest BCUT2D eigenvalue weighted by molar-refractivity contribution is 0.0709. The summed E-state index contributed by atoms with van der Waals surface area (Å²) in [6, 6.07) is 17.8. The van der Waals surface area contributed by atoms with Crippen LogP contribution in [0.4, 0.5) is 0 Å². The molecule has 0 saturated carbocycles. The normalized spacial score (nSPS) is 16.1. The number of benzene rings is 1. The van der Waals surface area contributed by atoms with Crippen LogP contribution in [0, 0.1) is 6.92 Å². The molecular formula is C29H30N6O2. The van der Waals surface area contributed by atoms with E-state index in [0.29, 0.717) is 18.7 Å². The lowest BCUT2D eigenvalue weighted by atomic mass is 10.1. The highest BCUT2D eigenvalue weighted by atomic mass is 16.2. The van der Waals surface area contributed by atoms with Gasteiger partial charge in [-0.2, -0.15) is 0 Å². The number of aromatic nitrogens is 4. The third kappa shape index (κ3) is 4.13. The number of fused-ring (bicyclic) bond motifs is 2. The van der Waals surface area contributed by atoms with Crippen LogP contribution in [0.1, 0.15) is 34.5 Å². The maximum Gasteiger partial charge on any atom is 0.254 e. The number of piperidine rings is 1. The third-order valence-electron chi connectivity index (χ3n) is 7.42. The van der Waals surface area contributed by atoms with Gasteiger partial charge < -0.3 is 24.2 Å². The number of pyridine rings is 2. The SMILES string of the molecule is Cc1c(-c2cc3ccccc3n2Cc2ccn(C)c(=O)c2)nc2cc(C(=O)N3CCC[C@@H](N)C3)ccn12. The first-order valence-corrected chi connectivity index (χ1v) is 12.7. The number of nitrogens with two attached hydrogens (primary N) is 1. The summed E-state index contributed by atoms with van der Waals surface area (Å²) in [5.74, 6) is -0.000347. The Morgan fingerprint density at radius 1 is 1.11 bits per heavy atom. The number of para-hydroxylation sites is 1. The summed E-state index contributed by atoms with van der Waals surface area (Å²) in [5.41, 5.74) is 12.2. The van der Waals surface area contributed by atoms with Crippen LogP contribution >= 0.6 is 0 Å². The number of amides is 1. The molecule has 5 heterocycles. The molecule has 1 aromatic carbocycles. The molecule has 8 heteroatoms. The van der Waals surface area contributed by atoms with Crippen molar-refractivity contribution in [3.63, 3.8) is 0 Å². The average Bonchev–Trinajstić information content (AvgIpc) is 3.42. The van der Waals surface area contributed by atoms with Crippen LogP contribution in [0.5, 0.6) is 0 Å². The van der Waals surface area contributed by atoms with Crippen molar-refractivity contribution in [2.24, 2.45) is 12.8 Å². The monoisotopic (exact) mass is 494 g/mol.